The summed E-state index contributed by atoms with van der Waals surface area (Å²) < 4.78 is 13.7. The van der Waals surface area contributed by atoms with Crippen LogP contribution in [0.1, 0.15) is 21.5 Å². The van der Waals surface area contributed by atoms with Crippen LogP contribution in [0, 0.1) is 19.7 Å². The van der Waals surface area contributed by atoms with Gasteiger partial charge in [0.15, 0.2) is 0 Å². The predicted octanol–water partition coefficient (Wildman–Crippen LogP) is 2.98. The molecule has 5 heteroatoms. The second kappa shape index (κ2) is 5.71. The summed E-state index contributed by atoms with van der Waals surface area (Å²) in [6.45, 7) is 3.62. The third kappa shape index (κ3) is 2.78. The van der Waals surface area contributed by atoms with E-state index >= 15 is 0 Å². The Labute approximate surface area is 116 Å². The summed E-state index contributed by atoms with van der Waals surface area (Å²) in [5.41, 5.74) is 5.15. The van der Waals surface area contributed by atoms with Gasteiger partial charge in [0, 0.05) is 0 Å². The first kappa shape index (κ1) is 14.0. The summed E-state index contributed by atoms with van der Waals surface area (Å²) in [7, 11) is 0. The minimum Gasteiger partial charge on any atom is -0.323 e. The molecule has 104 valence electrons. The van der Waals surface area contributed by atoms with Gasteiger partial charge in [0.05, 0.1) is 16.9 Å². The summed E-state index contributed by atoms with van der Waals surface area (Å²) in [6, 6.07) is 9.83. The summed E-state index contributed by atoms with van der Waals surface area (Å²) in [5, 5.41) is 2.58. The molecule has 0 atom stereocenters. The van der Waals surface area contributed by atoms with Crippen LogP contribution in [-0.4, -0.2) is 5.91 Å². The third-order valence-corrected chi connectivity index (χ3v) is 3.04. The standard InChI is InChI=1S/C15H16FN3O/c1-9-6-7-11(13(8-9)19-17)15(20)18-14-10(2)4-3-5-12(14)16/h3-8,19H,17H2,1-2H3,(H,18,20). The van der Waals surface area contributed by atoms with E-state index in [1.54, 1.807) is 37.3 Å². The maximum absolute atomic E-state index is 13.7. The zero-order valence-electron chi connectivity index (χ0n) is 11.3. The second-order valence-corrected chi connectivity index (χ2v) is 4.58. The molecule has 4 nitrogen and oxygen atoms in total. The molecule has 0 radical (unpaired) electrons. The zero-order chi connectivity index (χ0) is 14.7. The number of nitrogen functional groups attached to an aromatic ring is 1. The molecular weight excluding hydrogens is 257 g/mol. The average molecular weight is 273 g/mol. The predicted molar refractivity (Wildman–Crippen MR) is 78.1 cm³/mol. The van der Waals surface area contributed by atoms with Crippen LogP contribution in [0.4, 0.5) is 15.8 Å². The molecule has 0 bridgehead atoms. The number of carbonyl (C=O) groups is 1. The first-order valence-corrected chi connectivity index (χ1v) is 6.16. The van der Waals surface area contributed by atoms with Crippen LogP contribution < -0.4 is 16.6 Å². The Bertz CT molecular complexity index is 635. The second-order valence-electron chi connectivity index (χ2n) is 4.58. The normalized spacial score (nSPS) is 10.2. The lowest BCUT2D eigenvalue weighted by Gasteiger charge is -2.12. The highest BCUT2D eigenvalue weighted by Gasteiger charge is 2.14. The quantitative estimate of drug-likeness (QED) is 0.595. The first-order valence-electron chi connectivity index (χ1n) is 6.16. The summed E-state index contributed by atoms with van der Waals surface area (Å²) >= 11 is 0. The first-order chi connectivity index (χ1) is 9.52. The molecule has 20 heavy (non-hydrogen) atoms. The molecule has 0 aliphatic heterocycles. The van der Waals surface area contributed by atoms with Crippen molar-refractivity contribution in [1.82, 2.24) is 0 Å². The van der Waals surface area contributed by atoms with Crippen molar-refractivity contribution in [3.8, 4) is 0 Å². The number of anilines is 2. The van der Waals surface area contributed by atoms with Gasteiger partial charge in [0.1, 0.15) is 5.82 Å². The SMILES string of the molecule is Cc1ccc(C(=O)Nc2c(C)cccc2F)c(NN)c1. The van der Waals surface area contributed by atoms with Crippen LogP contribution in [0.3, 0.4) is 0 Å². The Morgan fingerprint density at radius 3 is 2.60 bits per heavy atom. The summed E-state index contributed by atoms with van der Waals surface area (Å²) in [5.74, 6) is 4.53. The molecule has 2 rings (SSSR count). The lowest BCUT2D eigenvalue weighted by molar-refractivity contribution is 0.102. The molecule has 0 saturated carbocycles. The van der Waals surface area contributed by atoms with Crippen molar-refractivity contribution < 1.29 is 9.18 Å². The molecule has 0 fully saturated rings. The van der Waals surface area contributed by atoms with E-state index in [0.29, 0.717) is 16.8 Å². The van der Waals surface area contributed by atoms with Crippen LogP contribution in [-0.2, 0) is 0 Å². The Kier molecular flexibility index (Phi) is 4.00. The van der Waals surface area contributed by atoms with Crippen molar-refractivity contribution in [2.45, 2.75) is 13.8 Å². The summed E-state index contributed by atoms with van der Waals surface area (Å²) in [4.78, 5) is 12.2. The number of hydrazine groups is 1. The topological polar surface area (TPSA) is 67.2 Å². The number of hydrogen-bond acceptors (Lipinski definition) is 3. The van der Waals surface area contributed by atoms with Crippen LogP contribution in [0.25, 0.3) is 0 Å². The average Bonchev–Trinajstić information content (AvgIpc) is 2.42. The number of benzene rings is 2. The molecule has 0 aromatic heterocycles. The Balaban J connectivity index is 2.33. The van der Waals surface area contributed by atoms with Crippen LogP contribution >= 0.6 is 0 Å². The lowest BCUT2D eigenvalue weighted by atomic mass is 10.1. The fourth-order valence-electron chi connectivity index (χ4n) is 1.95. The van der Waals surface area contributed by atoms with E-state index in [4.69, 9.17) is 5.84 Å². The van der Waals surface area contributed by atoms with Crippen molar-refractivity contribution in [2.24, 2.45) is 5.84 Å². The Hall–Kier alpha value is -2.40. The zero-order valence-corrected chi connectivity index (χ0v) is 11.3. The van der Waals surface area contributed by atoms with Gasteiger partial charge in [-0.05, 0) is 43.2 Å². The van der Waals surface area contributed by atoms with Crippen molar-refractivity contribution in [2.75, 3.05) is 10.7 Å². The van der Waals surface area contributed by atoms with Gasteiger partial charge in [0.2, 0.25) is 0 Å². The Morgan fingerprint density at radius 1 is 1.20 bits per heavy atom. The number of para-hydroxylation sites is 1. The van der Waals surface area contributed by atoms with Gasteiger partial charge in [0.25, 0.3) is 5.91 Å². The number of nitrogens with two attached hydrogens (primary N) is 1. The smallest absolute Gasteiger partial charge is 0.257 e. The number of aryl methyl sites for hydroxylation is 2. The van der Waals surface area contributed by atoms with E-state index in [1.165, 1.54) is 6.07 Å². The molecule has 0 unspecified atom stereocenters. The van der Waals surface area contributed by atoms with Gasteiger partial charge in [-0.1, -0.05) is 18.2 Å². The number of carbonyl (C=O) groups excluding carboxylic acids is 1. The van der Waals surface area contributed by atoms with E-state index in [1.807, 2.05) is 6.92 Å². The van der Waals surface area contributed by atoms with Gasteiger partial charge in [-0.25, -0.2) is 4.39 Å². The van der Waals surface area contributed by atoms with Gasteiger partial charge in [-0.3, -0.25) is 10.6 Å². The van der Waals surface area contributed by atoms with Crippen molar-refractivity contribution >= 4 is 17.3 Å². The molecular formula is C15H16FN3O. The van der Waals surface area contributed by atoms with Crippen molar-refractivity contribution in [3.05, 3.63) is 58.9 Å². The highest BCUT2D eigenvalue weighted by molar-refractivity contribution is 6.08. The van der Waals surface area contributed by atoms with Gasteiger partial charge in [-0.2, -0.15) is 0 Å². The molecule has 2 aromatic rings. The third-order valence-electron chi connectivity index (χ3n) is 3.04. The molecule has 4 N–H and O–H groups in total. The van der Waals surface area contributed by atoms with E-state index in [-0.39, 0.29) is 5.69 Å². The maximum atomic E-state index is 13.7. The number of amides is 1. The maximum Gasteiger partial charge on any atom is 0.257 e. The molecule has 0 aliphatic rings. The van der Waals surface area contributed by atoms with E-state index in [0.717, 1.165) is 5.56 Å². The van der Waals surface area contributed by atoms with Gasteiger partial charge in [-0.15, -0.1) is 0 Å². The monoisotopic (exact) mass is 273 g/mol. The van der Waals surface area contributed by atoms with E-state index in [2.05, 4.69) is 10.7 Å². The fraction of sp³-hybridized carbons (Fsp3) is 0.133. The Morgan fingerprint density at radius 2 is 1.95 bits per heavy atom. The number of hydrogen-bond donors (Lipinski definition) is 3. The molecule has 0 aliphatic carbocycles. The van der Waals surface area contributed by atoms with Crippen LogP contribution in [0.2, 0.25) is 0 Å². The molecule has 2 aromatic carbocycles. The number of halogens is 1. The minimum absolute atomic E-state index is 0.182. The van der Waals surface area contributed by atoms with Crippen molar-refractivity contribution in [1.29, 1.82) is 0 Å². The molecule has 0 saturated heterocycles. The van der Waals surface area contributed by atoms with Crippen molar-refractivity contribution in [3.63, 3.8) is 0 Å². The van der Waals surface area contributed by atoms with E-state index < -0.39 is 11.7 Å². The summed E-state index contributed by atoms with van der Waals surface area (Å²) in [6.07, 6.45) is 0. The number of rotatable bonds is 3. The largest absolute Gasteiger partial charge is 0.323 e. The van der Waals surface area contributed by atoms with Crippen LogP contribution in [0.5, 0.6) is 0 Å². The highest BCUT2D eigenvalue weighted by atomic mass is 19.1. The molecule has 0 heterocycles. The highest BCUT2D eigenvalue weighted by Crippen LogP contribution is 2.22. The molecule has 0 spiro atoms. The van der Waals surface area contributed by atoms with Crippen LogP contribution in [0.15, 0.2) is 36.4 Å². The van der Waals surface area contributed by atoms with Gasteiger partial charge < -0.3 is 10.7 Å². The van der Waals surface area contributed by atoms with Gasteiger partial charge >= 0.3 is 0 Å². The molecule has 1 amide bonds. The van der Waals surface area contributed by atoms with E-state index in [9.17, 15) is 9.18 Å². The fourth-order valence-corrected chi connectivity index (χ4v) is 1.95. The lowest BCUT2D eigenvalue weighted by Crippen LogP contribution is -2.18. The minimum atomic E-state index is -0.465. The number of nitrogens with one attached hydrogen (secondary N) is 2.